The standard InChI is InChI=1S/C48H64F2N6O5Si/c1-29(2)62(30(3)4,31(5)6)21-18-36-39(49)17-14-32-22-35(60-28-58-12)23-37(40(32)36)42-41(50)43-38(24-51-42)44(53-45(52-43)59-27-48(10)19-13-20-54(48)11)55-25-33-15-16-34(26-55)56(33)46(57)61-47(7,8)9/h14,17,22-24,29-31,33-34H,13,15-16,19-20,25-28H2,1-12H3/t33-,34+,48-/m0/s1. The number of carbonyl (C=O) groups is 1. The lowest BCUT2D eigenvalue weighted by Crippen LogP contribution is -2.57. The highest BCUT2D eigenvalue weighted by Gasteiger charge is 2.46. The Morgan fingerprint density at radius 3 is 2.27 bits per heavy atom. The zero-order chi connectivity index (χ0) is 44.9. The normalized spacial score (nSPS) is 20.8. The number of ether oxygens (including phenoxy) is 4. The highest BCUT2D eigenvalue weighted by molar-refractivity contribution is 6.90. The van der Waals surface area contributed by atoms with E-state index < -0.39 is 25.3 Å². The van der Waals surface area contributed by atoms with Crippen LogP contribution in [0.5, 0.6) is 11.8 Å². The molecule has 1 amide bonds. The largest absolute Gasteiger partial charge is 0.468 e. The average Bonchev–Trinajstić information content (AvgIpc) is 3.68. The van der Waals surface area contributed by atoms with Crippen LogP contribution in [0.4, 0.5) is 19.4 Å². The van der Waals surface area contributed by atoms with Crippen molar-refractivity contribution in [1.82, 2.24) is 24.8 Å². The third-order valence-electron chi connectivity index (χ3n) is 13.6. The number of pyridine rings is 1. The second kappa shape index (κ2) is 17.5. The molecule has 334 valence electrons. The van der Waals surface area contributed by atoms with Crippen molar-refractivity contribution in [3.8, 4) is 34.5 Å². The fourth-order valence-electron chi connectivity index (χ4n) is 10.3. The molecule has 2 aromatic heterocycles. The van der Waals surface area contributed by atoms with Crippen molar-refractivity contribution < 1.29 is 32.5 Å². The van der Waals surface area contributed by atoms with Gasteiger partial charge < -0.3 is 23.8 Å². The van der Waals surface area contributed by atoms with E-state index in [1.54, 1.807) is 24.4 Å². The van der Waals surface area contributed by atoms with Gasteiger partial charge in [0.05, 0.1) is 28.6 Å². The Balaban J connectivity index is 1.41. The van der Waals surface area contributed by atoms with Crippen LogP contribution >= 0.6 is 0 Å². The number of methoxy groups -OCH3 is 1. The summed E-state index contributed by atoms with van der Waals surface area (Å²) in [6.45, 7) is 23.2. The number of fused-ring (bicyclic) bond motifs is 4. The van der Waals surface area contributed by atoms with E-state index in [2.05, 4.69) is 76.8 Å². The number of benzene rings is 2. The van der Waals surface area contributed by atoms with Crippen molar-refractivity contribution >= 4 is 41.7 Å². The first-order valence-corrected chi connectivity index (χ1v) is 24.4. The third kappa shape index (κ3) is 8.57. The number of carbonyl (C=O) groups excluding carboxylic acids is 1. The minimum atomic E-state index is -2.30. The van der Waals surface area contributed by atoms with Crippen molar-refractivity contribution in [2.75, 3.05) is 52.1 Å². The average molecular weight is 871 g/mol. The van der Waals surface area contributed by atoms with Gasteiger partial charge in [0.25, 0.3) is 0 Å². The molecule has 7 rings (SSSR count). The van der Waals surface area contributed by atoms with Crippen LogP contribution in [0.3, 0.4) is 0 Å². The van der Waals surface area contributed by atoms with Crippen LogP contribution in [0.1, 0.15) is 100 Å². The Morgan fingerprint density at radius 1 is 1.00 bits per heavy atom. The molecule has 3 fully saturated rings. The Kier molecular flexibility index (Phi) is 12.8. The number of likely N-dealkylation sites (N-methyl/N-ethyl adjacent to an activating group) is 1. The van der Waals surface area contributed by atoms with Gasteiger partial charge in [0, 0.05) is 37.3 Å². The van der Waals surface area contributed by atoms with E-state index in [4.69, 9.17) is 33.9 Å². The number of aromatic nitrogens is 3. The van der Waals surface area contributed by atoms with Crippen molar-refractivity contribution in [3.63, 3.8) is 0 Å². The molecule has 0 N–H and O–H groups in total. The fraction of sp³-hybridized carbons (Fsp3) is 0.583. The molecule has 2 bridgehead atoms. The molecule has 2 aromatic carbocycles. The van der Waals surface area contributed by atoms with Crippen LogP contribution in [0.2, 0.25) is 16.6 Å². The van der Waals surface area contributed by atoms with Crippen LogP contribution < -0.4 is 14.4 Å². The van der Waals surface area contributed by atoms with Gasteiger partial charge in [-0.2, -0.15) is 9.97 Å². The number of rotatable bonds is 11. The summed E-state index contributed by atoms with van der Waals surface area (Å²) in [5.41, 5.74) is 4.25. The molecule has 62 heavy (non-hydrogen) atoms. The van der Waals surface area contributed by atoms with Crippen LogP contribution in [-0.4, -0.2) is 109 Å². The summed E-state index contributed by atoms with van der Waals surface area (Å²) in [5, 5.41) is 1.45. The molecule has 3 atom stereocenters. The van der Waals surface area contributed by atoms with E-state index in [0.29, 0.717) is 69.6 Å². The van der Waals surface area contributed by atoms with Crippen molar-refractivity contribution in [3.05, 3.63) is 47.7 Å². The predicted octanol–water partition coefficient (Wildman–Crippen LogP) is 10.1. The van der Waals surface area contributed by atoms with Crippen LogP contribution in [-0.2, 0) is 9.47 Å². The molecule has 0 unspecified atom stereocenters. The van der Waals surface area contributed by atoms with Crippen molar-refractivity contribution in [1.29, 1.82) is 0 Å². The molecule has 0 saturated carbocycles. The first kappa shape index (κ1) is 45.4. The first-order valence-electron chi connectivity index (χ1n) is 22.2. The van der Waals surface area contributed by atoms with Crippen molar-refractivity contribution in [2.45, 2.75) is 135 Å². The Morgan fingerprint density at radius 2 is 1.68 bits per heavy atom. The molecule has 3 aliphatic rings. The second-order valence-electron chi connectivity index (χ2n) is 19.7. The summed E-state index contributed by atoms with van der Waals surface area (Å²) in [6, 6.07) is 6.33. The summed E-state index contributed by atoms with van der Waals surface area (Å²) in [7, 11) is 1.30. The molecule has 0 spiro atoms. The second-order valence-corrected chi connectivity index (χ2v) is 25.3. The summed E-state index contributed by atoms with van der Waals surface area (Å²) < 4.78 is 57.5. The molecule has 0 aliphatic carbocycles. The monoisotopic (exact) mass is 870 g/mol. The minimum Gasteiger partial charge on any atom is -0.468 e. The van der Waals surface area contributed by atoms with E-state index >= 15 is 8.78 Å². The number of likely N-dealkylation sites (tertiary alicyclic amines) is 1. The summed E-state index contributed by atoms with van der Waals surface area (Å²) in [5.74, 6) is 3.02. The van der Waals surface area contributed by atoms with Gasteiger partial charge in [0.2, 0.25) is 0 Å². The molecule has 5 heterocycles. The number of hydrogen-bond acceptors (Lipinski definition) is 10. The van der Waals surface area contributed by atoms with Gasteiger partial charge in [-0.1, -0.05) is 53.5 Å². The fourth-order valence-corrected chi connectivity index (χ4v) is 15.5. The van der Waals surface area contributed by atoms with E-state index in [0.717, 1.165) is 32.2 Å². The maximum absolute atomic E-state index is 17.8. The lowest BCUT2D eigenvalue weighted by Gasteiger charge is -2.42. The van der Waals surface area contributed by atoms with Gasteiger partial charge in [-0.05, 0) is 107 Å². The number of anilines is 1. The highest BCUT2D eigenvalue weighted by Crippen LogP contribution is 2.43. The smallest absolute Gasteiger partial charge is 0.410 e. The lowest BCUT2D eigenvalue weighted by molar-refractivity contribution is 0.0122. The van der Waals surface area contributed by atoms with Crippen LogP contribution in [0.25, 0.3) is 32.9 Å². The van der Waals surface area contributed by atoms with Gasteiger partial charge in [-0.15, -0.1) is 5.54 Å². The van der Waals surface area contributed by atoms with E-state index in [-0.39, 0.29) is 53.3 Å². The molecule has 14 heteroatoms. The van der Waals surface area contributed by atoms with Crippen molar-refractivity contribution in [2.24, 2.45) is 0 Å². The van der Waals surface area contributed by atoms with Crippen LogP contribution in [0, 0.1) is 23.1 Å². The number of nitrogens with zero attached hydrogens (tertiary/aromatic N) is 6. The molecule has 3 saturated heterocycles. The molecule has 3 aliphatic heterocycles. The van der Waals surface area contributed by atoms with Gasteiger partial charge in [0.1, 0.15) is 48.9 Å². The molecule has 0 radical (unpaired) electrons. The van der Waals surface area contributed by atoms with Gasteiger partial charge in [-0.25, -0.2) is 13.6 Å². The lowest BCUT2D eigenvalue weighted by atomic mass is 9.95. The Hall–Kier alpha value is -4.58. The molecule has 4 aromatic rings. The zero-order valence-electron chi connectivity index (χ0n) is 38.6. The van der Waals surface area contributed by atoms with Gasteiger partial charge >= 0.3 is 12.1 Å². The number of halogens is 2. The molecular weight excluding hydrogens is 807 g/mol. The summed E-state index contributed by atoms with van der Waals surface area (Å²) in [4.78, 5) is 34.1. The maximum Gasteiger partial charge on any atom is 0.410 e. The molecule has 11 nitrogen and oxygen atoms in total. The van der Waals surface area contributed by atoms with E-state index in [9.17, 15) is 4.79 Å². The quantitative estimate of drug-likeness (QED) is 0.0823. The predicted molar refractivity (Wildman–Crippen MR) is 243 cm³/mol. The SMILES string of the molecule is COCOc1cc(-c2ncc3c(N4C[C@H]5CC[C@@H](C4)N5C(=O)OC(C)(C)C)nc(OC[C@]4(C)CCCN4C)nc3c2F)c2c(C#C[Si](C(C)C)(C(C)C)C(C)C)c(F)ccc2c1. The van der Waals surface area contributed by atoms with E-state index in [1.807, 2.05) is 25.7 Å². The zero-order valence-corrected chi connectivity index (χ0v) is 39.6. The topological polar surface area (TPSA) is 102 Å². The highest BCUT2D eigenvalue weighted by atomic mass is 28.3. The first-order chi connectivity index (χ1) is 29.3. The summed E-state index contributed by atoms with van der Waals surface area (Å²) >= 11 is 0. The summed E-state index contributed by atoms with van der Waals surface area (Å²) in [6.07, 6.45) is 4.85. The Labute approximate surface area is 366 Å². The third-order valence-corrected chi connectivity index (χ3v) is 19.9. The van der Waals surface area contributed by atoms with E-state index in [1.165, 1.54) is 13.2 Å². The maximum atomic E-state index is 17.8. The minimum absolute atomic E-state index is 0.0214. The number of amides is 1. The number of piperazine rings is 1. The van der Waals surface area contributed by atoms with Crippen LogP contribution in [0.15, 0.2) is 30.5 Å². The van der Waals surface area contributed by atoms with Gasteiger partial charge in [-0.3, -0.25) is 14.8 Å². The van der Waals surface area contributed by atoms with Gasteiger partial charge in [0.15, 0.2) is 12.6 Å². The Bertz CT molecular complexity index is 2360. The number of hydrogen-bond donors (Lipinski definition) is 0. The molecular formula is C48H64F2N6O5Si.